The summed E-state index contributed by atoms with van der Waals surface area (Å²) < 4.78 is 0. The third-order valence-electron chi connectivity index (χ3n) is 4.84. The standard InChI is InChI=1S/C19H28.2C2H6.CH4/c1-13-7-9-17(15(3)11-13)19(5,6)18-10-8-14(2)12-16(18)4;2*1-2;/h7,9-12,14-15,17H,8H2,1-6H3;2*1-2H3;1H4. The van der Waals surface area contributed by atoms with E-state index in [0.29, 0.717) is 17.8 Å². The molecule has 3 unspecified atom stereocenters. The third kappa shape index (κ3) is 6.11. The Morgan fingerprint density at radius 2 is 1.50 bits per heavy atom. The van der Waals surface area contributed by atoms with Crippen LogP contribution in [-0.2, 0) is 0 Å². The number of hydrogen-bond acceptors (Lipinski definition) is 0. The molecule has 3 atom stereocenters. The highest BCUT2D eigenvalue weighted by Gasteiger charge is 2.36. The van der Waals surface area contributed by atoms with Crippen molar-refractivity contribution < 1.29 is 0 Å². The van der Waals surface area contributed by atoms with Crippen LogP contribution >= 0.6 is 0 Å². The first kappa shape index (κ1) is 25.2. The van der Waals surface area contributed by atoms with Gasteiger partial charge in [-0.25, -0.2) is 0 Å². The molecule has 0 radical (unpaired) electrons. The molecule has 0 aromatic rings. The molecule has 0 heterocycles. The molecule has 0 aromatic heterocycles. The summed E-state index contributed by atoms with van der Waals surface area (Å²) in [5.41, 5.74) is 4.65. The van der Waals surface area contributed by atoms with E-state index in [4.69, 9.17) is 0 Å². The molecule has 24 heavy (non-hydrogen) atoms. The molecule has 0 aromatic carbocycles. The molecular formula is C24H44. The highest BCUT2D eigenvalue weighted by Crippen LogP contribution is 2.46. The molecule has 0 saturated carbocycles. The lowest BCUT2D eigenvalue weighted by Gasteiger charge is -2.41. The lowest BCUT2D eigenvalue weighted by molar-refractivity contribution is 0.266. The van der Waals surface area contributed by atoms with Crippen LogP contribution in [0.3, 0.4) is 0 Å². The molecule has 140 valence electrons. The van der Waals surface area contributed by atoms with E-state index in [9.17, 15) is 0 Å². The Bertz CT molecular complexity index is 468. The summed E-state index contributed by atoms with van der Waals surface area (Å²) in [5.74, 6) is 1.91. The van der Waals surface area contributed by atoms with Crippen molar-refractivity contribution in [3.05, 3.63) is 47.1 Å². The normalized spacial score (nSPS) is 25.6. The summed E-state index contributed by atoms with van der Waals surface area (Å²) in [6.07, 6.45) is 13.2. The Morgan fingerprint density at radius 1 is 0.958 bits per heavy atom. The second kappa shape index (κ2) is 11.5. The molecule has 0 nitrogen and oxygen atoms in total. The smallest absolute Gasteiger partial charge is 0.00358 e. The number of allylic oxidation sites excluding steroid dienone is 8. The van der Waals surface area contributed by atoms with Crippen molar-refractivity contribution >= 4 is 0 Å². The predicted octanol–water partition coefficient (Wildman–Crippen LogP) is 8.38. The molecule has 0 aliphatic heterocycles. The van der Waals surface area contributed by atoms with Gasteiger partial charge in [0, 0.05) is 0 Å². The monoisotopic (exact) mass is 332 g/mol. The molecule has 0 spiro atoms. The fourth-order valence-electron chi connectivity index (χ4n) is 3.90. The van der Waals surface area contributed by atoms with Gasteiger partial charge in [-0.2, -0.15) is 0 Å². The maximum atomic E-state index is 2.48. The Kier molecular flexibility index (Phi) is 12.1. The first-order valence-electron chi connectivity index (χ1n) is 9.58. The minimum atomic E-state index is 0. The van der Waals surface area contributed by atoms with Crippen LogP contribution in [0.25, 0.3) is 0 Å². The fourth-order valence-corrected chi connectivity index (χ4v) is 3.90. The van der Waals surface area contributed by atoms with Gasteiger partial charge in [0.1, 0.15) is 0 Å². The zero-order valence-electron chi connectivity index (χ0n) is 17.3. The maximum absolute atomic E-state index is 2.48. The Labute approximate surface area is 153 Å². The van der Waals surface area contributed by atoms with Crippen molar-refractivity contribution in [2.24, 2.45) is 23.2 Å². The van der Waals surface area contributed by atoms with Crippen LogP contribution in [0, 0.1) is 23.2 Å². The van der Waals surface area contributed by atoms with Gasteiger partial charge in [-0.15, -0.1) is 0 Å². The van der Waals surface area contributed by atoms with Gasteiger partial charge in [-0.1, -0.05) is 104 Å². The molecule has 0 amide bonds. The lowest BCUT2D eigenvalue weighted by Crippen LogP contribution is -2.31. The molecule has 0 bridgehead atoms. The van der Waals surface area contributed by atoms with Gasteiger partial charge in [0.25, 0.3) is 0 Å². The predicted molar refractivity (Wildman–Crippen MR) is 114 cm³/mol. The van der Waals surface area contributed by atoms with E-state index in [1.54, 1.807) is 5.57 Å². The molecule has 0 fully saturated rings. The number of rotatable bonds is 2. The van der Waals surface area contributed by atoms with Crippen molar-refractivity contribution in [1.82, 2.24) is 0 Å². The SMILES string of the molecule is C.CC.CC.CC1=CC(C)C(C(C)(C)C2=CCC(C)C=C2C)C=C1. The van der Waals surface area contributed by atoms with Gasteiger partial charge in [0.05, 0.1) is 0 Å². The zero-order chi connectivity index (χ0) is 18.2. The highest BCUT2D eigenvalue weighted by atomic mass is 14.4. The molecule has 0 N–H and O–H groups in total. The van der Waals surface area contributed by atoms with E-state index < -0.39 is 0 Å². The van der Waals surface area contributed by atoms with E-state index in [1.165, 1.54) is 17.6 Å². The van der Waals surface area contributed by atoms with Crippen molar-refractivity contribution in [3.63, 3.8) is 0 Å². The van der Waals surface area contributed by atoms with Gasteiger partial charge in [0.15, 0.2) is 0 Å². The summed E-state index contributed by atoms with van der Waals surface area (Å²) in [7, 11) is 0. The lowest BCUT2D eigenvalue weighted by atomic mass is 9.63. The van der Waals surface area contributed by atoms with Gasteiger partial charge in [-0.05, 0) is 49.0 Å². The average molecular weight is 333 g/mol. The molecule has 2 aliphatic rings. The van der Waals surface area contributed by atoms with Gasteiger partial charge < -0.3 is 0 Å². The van der Waals surface area contributed by atoms with Gasteiger partial charge in [0.2, 0.25) is 0 Å². The highest BCUT2D eigenvalue weighted by molar-refractivity contribution is 5.40. The van der Waals surface area contributed by atoms with Gasteiger partial charge >= 0.3 is 0 Å². The van der Waals surface area contributed by atoms with E-state index in [1.807, 2.05) is 27.7 Å². The van der Waals surface area contributed by atoms with Gasteiger partial charge in [-0.3, -0.25) is 0 Å². The first-order valence-corrected chi connectivity index (χ1v) is 9.58. The largest absolute Gasteiger partial charge is 0.0799 e. The molecule has 2 rings (SSSR count). The Morgan fingerprint density at radius 3 is 1.96 bits per heavy atom. The Balaban J connectivity index is 0. The van der Waals surface area contributed by atoms with E-state index in [2.05, 4.69) is 71.9 Å². The fraction of sp³-hybridized carbons (Fsp3) is 0.667. The van der Waals surface area contributed by atoms with E-state index >= 15 is 0 Å². The summed E-state index contributed by atoms with van der Waals surface area (Å²) in [4.78, 5) is 0. The first-order chi connectivity index (χ1) is 10.8. The Hall–Kier alpha value is -1.04. The minimum Gasteiger partial charge on any atom is -0.0799 e. The van der Waals surface area contributed by atoms with Crippen molar-refractivity contribution in [1.29, 1.82) is 0 Å². The molecule has 0 heteroatoms. The zero-order valence-corrected chi connectivity index (χ0v) is 17.3. The van der Waals surface area contributed by atoms with Crippen LogP contribution in [0.15, 0.2) is 47.1 Å². The van der Waals surface area contributed by atoms with Crippen LogP contribution in [0.1, 0.15) is 83.1 Å². The van der Waals surface area contributed by atoms with Crippen molar-refractivity contribution in [3.8, 4) is 0 Å². The van der Waals surface area contributed by atoms with Crippen LogP contribution in [0.2, 0.25) is 0 Å². The summed E-state index contributed by atoms with van der Waals surface area (Å²) >= 11 is 0. The number of hydrogen-bond donors (Lipinski definition) is 0. The molecule has 0 saturated heterocycles. The minimum absolute atomic E-state index is 0. The van der Waals surface area contributed by atoms with Crippen molar-refractivity contribution in [2.45, 2.75) is 83.1 Å². The molecule has 2 aliphatic carbocycles. The van der Waals surface area contributed by atoms with Crippen LogP contribution in [0.5, 0.6) is 0 Å². The van der Waals surface area contributed by atoms with Crippen LogP contribution in [0.4, 0.5) is 0 Å². The van der Waals surface area contributed by atoms with Crippen molar-refractivity contribution in [2.75, 3.05) is 0 Å². The summed E-state index contributed by atoms with van der Waals surface area (Å²) in [6.45, 7) is 22.0. The second-order valence-electron chi connectivity index (χ2n) is 7.06. The van der Waals surface area contributed by atoms with E-state index in [-0.39, 0.29) is 12.8 Å². The quantitative estimate of drug-likeness (QED) is 0.476. The third-order valence-corrected chi connectivity index (χ3v) is 4.84. The van der Waals surface area contributed by atoms with Crippen LogP contribution in [-0.4, -0.2) is 0 Å². The van der Waals surface area contributed by atoms with E-state index in [0.717, 1.165) is 0 Å². The topological polar surface area (TPSA) is 0 Å². The molecular weight excluding hydrogens is 288 g/mol. The summed E-state index contributed by atoms with van der Waals surface area (Å²) in [6, 6.07) is 0. The average Bonchev–Trinajstić information content (AvgIpc) is 2.50. The maximum Gasteiger partial charge on any atom is -0.00358 e. The second-order valence-corrected chi connectivity index (χ2v) is 7.06. The van der Waals surface area contributed by atoms with Crippen LogP contribution < -0.4 is 0 Å². The summed E-state index contributed by atoms with van der Waals surface area (Å²) in [5, 5.41) is 0.